The fourth-order valence-corrected chi connectivity index (χ4v) is 1.50. The Balaban J connectivity index is 2.35. The van der Waals surface area contributed by atoms with Gasteiger partial charge in [-0.25, -0.2) is 0 Å². The number of ether oxygens (including phenoxy) is 1. The minimum absolute atomic E-state index is 0.162. The summed E-state index contributed by atoms with van der Waals surface area (Å²) in [4.78, 5) is 11.3. The molecular formula is C14H22N2O3. The number of hydrogen-bond acceptors (Lipinski definition) is 4. The van der Waals surface area contributed by atoms with E-state index < -0.39 is 17.6 Å². The van der Waals surface area contributed by atoms with Crippen LogP contribution in [-0.4, -0.2) is 35.8 Å². The third-order valence-corrected chi connectivity index (χ3v) is 3.16. The highest BCUT2D eigenvalue weighted by atomic mass is 16.5. The second-order valence-corrected chi connectivity index (χ2v) is 4.71. The first-order valence-electron chi connectivity index (χ1n) is 6.39. The molecule has 1 aromatic carbocycles. The number of carbonyl (C=O) groups excluding carboxylic acids is 1. The highest BCUT2D eigenvalue weighted by molar-refractivity contribution is 5.84. The molecule has 0 saturated carbocycles. The molecular weight excluding hydrogens is 244 g/mol. The molecule has 0 heterocycles. The third-order valence-electron chi connectivity index (χ3n) is 3.16. The number of hydrogen-bond donors (Lipinski definition) is 3. The van der Waals surface area contributed by atoms with Crippen LogP contribution in [0.1, 0.15) is 20.3 Å². The Morgan fingerprint density at radius 2 is 2.11 bits per heavy atom. The van der Waals surface area contributed by atoms with Crippen molar-refractivity contribution in [3.05, 3.63) is 30.3 Å². The first kappa shape index (κ1) is 15.5. The predicted octanol–water partition coefficient (Wildman–Crippen LogP) is 0.670. The van der Waals surface area contributed by atoms with Gasteiger partial charge in [0.05, 0.1) is 5.54 Å². The Labute approximate surface area is 113 Å². The average Bonchev–Trinajstić information content (AvgIpc) is 2.43. The minimum Gasteiger partial charge on any atom is -0.491 e. The van der Waals surface area contributed by atoms with Crippen molar-refractivity contribution in [3.63, 3.8) is 0 Å². The number of rotatable bonds is 8. The molecule has 0 aromatic heterocycles. The summed E-state index contributed by atoms with van der Waals surface area (Å²) in [5.74, 6) is 0.279. The molecule has 0 aliphatic heterocycles. The van der Waals surface area contributed by atoms with Gasteiger partial charge in [-0.1, -0.05) is 25.1 Å². The summed E-state index contributed by atoms with van der Waals surface area (Å²) in [6.07, 6.45) is -0.139. The maximum atomic E-state index is 11.3. The quantitative estimate of drug-likeness (QED) is 0.645. The number of para-hydroxylation sites is 1. The molecule has 0 bridgehead atoms. The molecule has 2 unspecified atom stereocenters. The highest BCUT2D eigenvalue weighted by Crippen LogP contribution is 2.10. The van der Waals surface area contributed by atoms with Crippen molar-refractivity contribution >= 4 is 5.91 Å². The van der Waals surface area contributed by atoms with Crippen LogP contribution in [0.3, 0.4) is 0 Å². The number of aliphatic hydroxyl groups is 1. The van der Waals surface area contributed by atoms with Crippen LogP contribution in [0.15, 0.2) is 30.3 Å². The molecule has 5 heteroatoms. The standard InChI is InChI=1S/C14H22N2O3/c1-3-14(2,13(15)18)16-9-11(17)10-19-12-7-5-4-6-8-12/h4-8,11,16-17H,3,9-10H2,1-2H3,(H2,15,18). The van der Waals surface area contributed by atoms with Crippen molar-refractivity contribution in [2.75, 3.05) is 13.2 Å². The zero-order valence-corrected chi connectivity index (χ0v) is 11.4. The Kier molecular flexibility index (Phi) is 5.79. The molecule has 1 aromatic rings. The van der Waals surface area contributed by atoms with E-state index in [2.05, 4.69) is 5.32 Å². The lowest BCUT2D eigenvalue weighted by Crippen LogP contribution is -2.55. The number of primary amides is 1. The fourth-order valence-electron chi connectivity index (χ4n) is 1.50. The molecule has 5 nitrogen and oxygen atoms in total. The van der Waals surface area contributed by atoms with Crippen molar-refractivity contribution < 1.29 is 14.6 Å². The van der Waals surface area contributed by atoms with Crippen LogP contribution >= 0.6 is 0 Å². The molecule has 0 fully saturated rings. The second kappa shape index (κ2) is 7.11. The summed E-state index contributed by atoms with van der Waals surface area (Å²) in [7, 11) is 0. The van der Waals surface area contributed by atoms with E-state index in [-0.39, 0.29) is 13.2 Å². The smallest absolute Gasteiger partial charge is 0.237 e. The lowest BCUT2D eigenvalue weighted by Gasteiger charge is -2.27. The van der Waals surface area contributed by atoms with Crippen LogP contribution in [0.4, 0.5) is 0 Å². The van der Waals surface area contributed by atoms with Crippen LogP contribution in [0.5, 0.6) is 5.75 Å². The average molecular weight is 266 g/mol. The van der Waals surface area contributed by atoms with Gasteiger partial charge in [-0.2, -0.15) is 0 Å². The molecule has 1 amide bonds. The largest absolute Gasteiger partial charge is 0.491 e. The summed E-state index contributed by atoms with van der Waals surface area (Å²) in [6.45, 7) is 4.00. The third kappa shape index (κ3) is 4.89. The van der Waals surface area contributed by atoms with Crippen molar-refractivity contribution in [1.82, 2.24) is 5.32 Å². The number of amides is 1. The first-order valence-corrected chi connectivity index (χ1v) is 6.39. The maximum Gasteiger partial charge on any atom is 0.237 e. The number of carbonyl (C=O) groups is 1. The van der Waals surface area contributed by atoms with Gasteiger partial charge in [-0.3, -0.25) is 4.79 Å². The van der Waals surface area contributed by atoms with E-state index >= 15 is 0 Å². The Bertz CT molecular complexity index is 397. The molecule has 0 spiro atoms. The molecule has 2 atom stereocenters. The van der Waals surface area contributed by atoms with Gasteiger partial charge in [0.15, 0.2) is 0 Å². The minimum atomic E-state index is -0.798. The van der Waals surface area contributed by atoms with Crippen molar-refractivity contribution in [3.8, 4) is 5.75 Å². The SMILES string of the molecule is CCC(C)(NCC(O)COc1ccccc1)C(N)=O. The summed E-state index contributed by atoms with van der Waals surface area (Å²) >= 11 is 0. The molecule has 19 heavy (non-hydrogen) atoms. The molecule has 0 aliphatic rings. The van der Waals surface area contributed by atoms with Crippen LogP contribution in [0.2, 0.25) is 0 Å². The number of nitrogens with two attached hydrogens (primary N) is 1. The monoisotopic (exact) mass is 266 g/mol. The zero-order valence-electron chi connectivity index (χ0n) is 11.4. The summed E-state index contributed by atoms with van der Waals surface area (Å²) in [5.41, 5.74) is 4.52. The fraction of sp³-hybridized carbons (Fsp3) is 0.500. The first-order chi connectivity index (χ1) is 8.98. The van der Waals surface area contributed by atoms with E-state index in [0.717, 1.165) is 0 Å². The van der Waals surface area contributed by atoms with E-state index in [1.165, 1.54) is 0 Å². The van der Waals surface area contributed by atoms with Crippen LogP contribution in [0, 0.1) is 0 Å². The van der Waals surface area contributed by atoms with Crippen LogP contribution in [-0.2, 0) is 4.79 Å². The lowest BCUT2D eigenvalue weighted by atomic mass is 9.98. The summed E-state index contributed by atoms with van der Waals surface area (Å²) < 4.78 is 5.42. The predicted molar refractivity (Wildman–Crippen MR) is 73.8 cm³/mol. The Morgan fingerprint density at radius 3 is 2.63 bits per heavy atom. The zero-order chi connectivity index (χ0) is 14.3. The molecule has 106 valence electrons. The number of β-amino-alcohol motifs (C(OH)–C–C–N with tert-alkyl or cyclic N) is 1. The van der Waals surface area contributed by atoms with Crippen molar-refractivity contribution in [2.24, 2.45) is 5.73 Å². The molecule has 0 radical (unpaired) electrons. The topological polar surface area (TPSA) is 84.6 Å². The van der Waals surface area contributed by atoms with Crippen molar-refractivity contribution in [1.29, 1.82) is 0 Å². The number of nitrogens with one attached hydrogen (secondary N) is 1. The van der Waals surface area contributed by atoms with E-state index in [4.69, 9.17) is 10.5 Å². The van der Waals surface area contributed by atoms with Crippen LogP contribution < -0.4 is 15.8 Å². The second-order valence-electron chi connectivity index (χ2n) is 4.71. The van der Waals surface area contributed by atoms with Gasteiger partial charge in [0.1, 0.15) is 18.5 Å². The van der Waals surface area contributed by atoms with Crippen LogP contribution in [0.25, 0.3) is 0 Å². The van der Waals surface area contributed by atoms with Gasteiger partial charge >= 0.3 is 0 Å². The molecule has 1 rings (SSSR count). The van der Waals surface area contributed by atoms with Gasteiger partial charge < -0.3 is 20.9 Å². The van der Waals surface area contributed by atoms with E-state index in [9.17, 15) is 9.90 Å². The van der Waals surface area contributed by atoms with E-state index in [1.54, 1.807) is 6.92 Å². The molecule has 0 saturated heterocycles. The van der Waals surface area contributed by atoms with Gasteiger partial charge in [-0.05, 0) is 25.5 Å². The normalized spacial score (nSPS) is 15.5. The van der Waals surface area contributed by atoms with Gasteiger partial charge in [0.2, 0.25) is 5.91 Å². The highest BCUT2D eigenvalue weighted by Gasteiger charge is 2.28. The lowest BCUT2D eigenvalue weighted by molar-refractivity contribution is -0.124. The Morgan fingerprint density at radius 1 is 1.47 bits per heavy atom. The summed E-state index contributed by atoms with van der Waals surface area (Å²) in [5, 5.41) is 12.8. The maximum absolute atomic E-state index is 11.3. The molecule has 0 aliphatic carbocycles. The van der Waals surface area contributed by atoms with E-state index in [1.807, 2.05) is 37.3 Å². The molecule has 4 N–H and O–H groups in total. The van der Waals surface area contributed by atoms with Gasteiger partial charge in [0.25, 0.3) is 0 Å². The van der Waals surface area contributed by atoms with Gasteiger partial charge in [-0.15, -0.1) is 0 Å². The number of benzene rings is 1. The number of aliphatic hydroxyl groups excluding tert-OH is 1. The van der Waals surface area contributed by atoms with E-state index in [0.29, 0.717) is 12.2 Å². The Hall–Kier alpha value is -1.59. The summed E-state index contributed by atoms with van der Waals surface area (Å²) in [6, 6.07) is 9.26. The van der Waals surface area contributed by atoms with Gasteiger partial charge in [0, 0.05) is 6.54 Å². The van der Waals surface area contributed by atoms with Crippen molar-refractivity contribution in [2.45, 2.75) is 31.9 Å².